The molecular formula is C38H49N11O6S2. The monoisotopic (exact) mass is 819 g/mol. The van der Waals surface area contributed by atoms with Crippen molar-refractivity contribution in [1.82, 2.24) is 31.6 Å². The minimum atomic E-state index is -1.26. The highest BCUT2D eigenvalue weighted by Gasteiger charge is 2.32. The first-order valence-corrected chi connectivity index (χ1v) is 19.4. The quantitative estimate of drug-likeness (QED) is 0.0210. The number of H-pyrrole nitrogens is 1. The molecule has 1 aromatic heterocycles. The summed E-state index contributed by atoms with van der Waals surface area (Å²) in [6.45, 7) is -0.359. The second kappa shape index (κ2) is 21.5. The lowest BCUT2D eigenvalue weighted by Crippen LogP contribution is -2.59. The van der Waals surface area contributed by atoms with Gasteiger partial charge in [0.2, 0.25) is 35.4 Å². The van der Waals surface area contributed by atoms with Crippen LogP contribution < -0.4 is 49.5 Å². The van der Waals surface area contributed by atoms with Crippen molar-refractivity contribution in [1.29, 1.82) is 0 Å². The standard InChI is InChI=1S/C38H49N11O6S2/c39-26(19-56)34(52)45-18-32(50)46-29(15-21-11-12-22-6-1-2-7-23(22)14-21)36(54)47-28(10-5-13-43-38(41)42)35(53)48-30(37(55)49-31(20-57)33(40)51)16-24-17-44-27-9-4-3-8-25(24)27/h1-4,6-9,11-12,14,17,26,28-31,44,56-57H,5,10,13,15-16,18-20,39H2,(H2,40,51)(H,45,52)(H,46,50)(H,47,54)(H,48,53)(H,49,55)(H4,41,42,43)/t26-,28-,29+,30-,31-/m0/s1. The SMILES string of the molecule is NC(=O)[C@H](CS)NC(=O)[C@H](Cc1c[nH]c2ccccc12)NC(=O)[C@H](CCCN=C(N)N)NC(=O)[C@@H](Cc1ccc2ccccc2c1)NC(=O)CNC(=O)[C@@H](N)CS. The summed E-state index contributed by atoms with van der Waals surface area (Å²) in [5.41, 5.74) is 24.4. The highest BCUT2D eigenvalue weighted by atomic mass is 32.1. The number of rotatable bonds is 21. The molecule has 19 heteroatoms. The second-order valence-electron chi connectivity index (χ2n) is 13.3. The predicted molar refractivity (Wildman–Crippen MR) is 225 cm³/mol. The molecule has 57 heavy (non-hydrogen) atoms. The Kier molecular flexibility index (Phi) is 16.6. The van der Waals surface area contributed by atoms with Crippen molar-refractivity contribution in [3.8, 4) is 0 Å². The first-order valence-electron chi connectivity index (χ1n) is 18.1. The Bertz CT molecular complexity index is 2090. The number of nitrogens with zero attached hydrogens (tertiary/aromatic N) is 1. The van der Waals surface area contributed by atoms with Crippen LogP contribution in [0.1, 0.15) is 24.0 Å². The minimum absolute atomic E-state index is 0.00243. The number of aromatic nitrogens is 1. The molecule has 17 nitrogen and oxygen atoms in total. The zero-order chi connectivity index (χ0) is 41.5. The van der Waals surface area contributed by atoms with Crippen LogP contribution in [0.3, 0.4) is 0 Å². The summed E-state index contributed by atoms with van der Waals surface area (Å²) in [7, 11) is 0. The number of carbonyl (C=O) groups excluding carboxylic acids is 6. The van der Waals surface area contributed by atoms with E-state index >= 15 is 0 Å². The fourth-order valence-electron chi connectivity index (χ4n) is 5.96. The summed E-state index contributed by atoms with van der Waals surface area (Å²) in [5, 5.41) is 15.8. The molecule has 0 aliphatic heterocycles. The number of guanidine groups is 1. The number of hydrogen-bond donors (Lipinski definition) is 12. The minimum Gasteiger partial charge on any atom is -0.370 e. The number of amides is 6. The first kappa shape index (κ1) is 43.9. The number of primary amides is 1. The molecule has 0 unspecified atom stereocenters. The maximum atomic E-state index is 14.2. The lowest BCUT2D eigenvalue weighted by Gasteiger charge is -2.26. The van der Waals surface area contributed by atoms with E-state index in [0.717, 1.165) is 21.7 Å². The zero-order valence-corrected chi connectivity index (χ0v) is 32.9. The second-order valence-corrected chi connectivity index (χ2v) is 14.0. The summed E-state index contributed by atoms with van der Waals surface area (Å²) in [5.74, 6) is -4.47. The fraction of sp³-hybridized carbons (Fsp3) is 0.342. The van der Waals surface area contributed by atoms with Gasteiger partial charge >= 0.3 is 0 Å². The Balaban J connectivity index is 1.62. The van der Waals surface area contributed by atoms with Crippen molar-refractivity contribution in [2.24, 2.45) is 27.9 Å². The van der Waals surface area contributed by atoms with E-state index in [0.29, 0.717) is 11.1 Å². The van der Waals surface area contributed by atoms with Crippen LogP contribution in [0.25, 0.3) is 21.7 Å². The largest absolute Gasteiger partial charge is 0.370 e. The maximum Gasteiger partial charge on any atom is 0.243 e. The van der Waals surface area contributed by atoms with Crippen LogP contribution in [0, 0.1) is 0 Å². The number of para-hydroxylation sites is 1. The van der Waals surface area contributed by atoms with E-state index < -0.39 is 72.2 Å². The number of aromatic amines is 1. The molecular weight excluding hydrogens is 771 g/mol. The molecule has 0 saturated carbocycles. The van der Waals surface area contributed by atoms with Gasteiger partial charge in [0, 0.05) is 48.0 Å². The highest BCUT2D eigenvalue weighted by molar-refractivity contribution is 7.80. The first-order chi connectivity index (χ1) is 27.3. The van der Waals surface area contributed by atoms with Gasteiger partial charge in [0.15, 0.2) is 5.96 Å². The predicted octanol–water partition coefficient (Wildman–Crippen LogP) is -1.11. The molecule has 1 heterocycles. The van der Waals surface area contributed by atoms with Crippen LogP contribution in [0.5, 0.6) is 0 Å². The van der Waals surface area contributed by atoms with Gasteiger partial charge < -0.3 is 54.5 Å². The van der Waals surface area contributed by atoms with Crippen molar-refractivity contribution >= 4 is 88.3 Å². The lowest BCUT2D eigenvalue weighted by molar-refractivity contribution is -0.134. The van der Waals surface area contributed by atoms with Gasteiger partial charge in [0.05, 0.1) is 12.6 Å². The number of fused-ring (bicyclic) bond motifs is 2. The number of benzene rings is 3. The molecule has 3 aromatic carbocycles. The molecule has 0 bridgehead atoms. The Morgan fingerprint density at radius 3 is 2.02 bits per heavy atom. The number of hydrogen-bond acceptors (Lipinski definition) is 10. The number of thiol groups is 2. The van der Waals surface area contributed by atoms with Crippen LogP contribution in [0.15, 0.2) is 77.9 Å². The van der Waals surface area contributed by atoms with E-state index in [-0.39, 0.29) is 49.7 Å². The van der Waals surface area contributed by atoms with Gasteiger partial charge in [-0.1, -0.05) is 60.7 Å². The van der Waals surface area contributed by atoms with E-state index in [9.17, 15) is 28.8 Å². The average Bonchev–Trinajstić information content (AvgIpc) is 3.61. The third-order valence-electron chi connectivity index (χ3n) is 9.01. The van der Waals surface area contributed by atoms with Crippen molar-refractivity contribution in [3.05, 3.63) is 84.1 Å². The van der Waals surface area contributed by atoms with Gasteiger partial charge in [0.25, 0.3) is 0 Å². The fourth-order valence-corrected chi connectivity index (χ4v) is 6.40. The smallest absolute Gasteiger partial charge is 0.243 e. The van der Waals surface area contributed by atoms with Gasteiger partial charge in [-0.2, -0.15) is 25.3 Å². The molecule has 0 aliphatic carbocycles. The molecule has 14 N–H and O–H groups in total. The van der Waals surface area contributed by atoms with E-state index in [1.807, 2.05) is 66.7 Å². The zero-order valence-electron chi connectivity index (χ0n) is 31.1. The lowest BCUT2D eigenvalue weighted by atomic mass is 10.00. The molecule has 0 spiro atoms. The van der Waals surface area contributed by atoms with Gasteiger partial charge in [0.1, 0.15) is 24.2 Å². The number of aliphatic imine (C=N–C) groups is 1. The van der Waals surface area contributed by atoms with Crippen LogP contribution in [0.4, 0.5) is 0 Å². The van der Waals surface area contributed by atoms with Crippen molar-refractivity contribution in [2.45, 2.75) is 55.9 Å². The van der Waals surface area contributed by atoms with Crippen LogP contribution in [-0.4, -0.2) is 101 Å². The summed E-state index contributed by atoms with van der Waals surface area (Å²) in [4.78, 5) is 86.5. The van der Waals surface area contributed by atoms with Crippen LogP contribution >= 0.6 is 25.3 Å². The summed E-state index contributed by atoms with van der Waals surface area (Å²) >= 11 is 8.14. The van der Waals surface area contributed by atoms with E-state index in [2.05, 4.69) is 61.8 Å². The Morgan fingerprint density at radius 1 is 0.702 bits per heavy atom. The average molecular weight is 820 g/mol. The molecule has 0 fully saturated rings. The molecule has 0 saturated heterocycles. The summed E-state index contributed by atoms with van der Waals surface area (Å²) in [6, 6.07) is 14.8. The number of nitrogens with two attached hydrogens (primary N) is 4. The van der Waals surface area contributed by atoms with Crippen molar-refractivity contribution < 1.29 is 28.8 Å². The summed E-state index contributed by atoms with van der Waals surface area (Å²) in [6.07, 6.45) is 1.98. The molecule has 0 radical (unpaired) electrons. The highest BCUT2D eigenvalue weighted by Crippen LogP contribution is 2.20. The van der Waals surface area contributed by atoms with Crippen molar-refractivity contribution in [2.75, 3.05) is 24.6 Å². The molecule has 6 amide bonds. The third-order valence-corrected chi connectivity index (χ3v) is 9.77. The van der Waals surface area contributed by atoms with Gasteiger partial charge in [-0.3, -0.25) is 33.8 Å². The van der Waals surface area contributed by atoms with Gasteiger partial charge in [-0.05, 0) is 40.8 Å². The number of carbonyl (C=O) groups is 6. The normalized spacial score (nSPS) is 13.7. The Morgan fingerprint density at radius 2 is 1.33 bits per heavy atom. The van der Waals surface area contributed by atoms with Crippen LogP contribution in [0.2, 0.25) is 0 Å². The third kappa shape index (κ3) is 13.1. The molecule has 304 valence electrons. The van der Waals surface area contributed by atoms with Crippen LogP contribution in [-0.2, 0) is 41.6 Å². The van der Waals surface area contributed by atoms with E-state index in [1.54, 1.807) is 6.20 Å². The summed E-state index contributed by atoms with van der Waals surface area (Å²) < 4.78 is 0. The maximum absolute atomic E-state index is 14.2. The van der Waals surface area contributed by atoms with E-state index in [4.69, 9.17) is 22.9 Å². The molecule has 4 aromatic rings. The van der Waals surface area contributed by atoms with Gasteiger partial charge in [-0.15, -0.1) is 0 Å². The van der Waals surface area contributed by atoms with E-state index in [1.165, 1.54) is 0 Å². The van der Waals surface area contributed by atoms with Crippen molar-refractivity contribution in [3.63, 3.8) is 0 Å². The molecule has 4 rings (SSSR count). The molecule has 0 aliphatic rings. The molecule has 5 atom stereocenters. The van der Waals surface area contributed by atoms with Gasteiger partial charge in [-0.25, -0.2) is 0 Å². The Labute approximate surface area is 340 Å². The topological polar surface area (TPSA) is 295 Å². The number of nitrogens with one attached hydrogen (secondary N) is 6. The Hall–Kier alpha value is -5.79.